The Balaban J connectivity index is 2.19. The van der Waals surface area contributed by atoms with E-state index in [1.54, 1.807) is 6.20 Å². The number of pyridine rings is 1. The molecule has 3 N–H and O–H groups in total. The summed E-state index contributed by atoms with van der Waals surface area (Å²) in [6.45, 7) is 0.705. The summed E-state index contributed by atoms with van der Waals surface area (Å²) < 4.78 is 0.776. The SMILES string of the molecule is CN(Cc1ccccn1)c1ccc(/C(N)=N/O)c(Br)c1. The zero-order valence-corrected chi connectivity index (χ0v) is 12.6. The van der Waals surface area contributed by atoms with Crippen molar-refractivity contribution < 1.29 is 5.21 Å². The third kappa shape index (κ3) is 3.27. The molecule has 0 radical (unpaired) electrons. The molecule has 1 aromatic heterocycles. The number of halogens is 1. The molecular weight excluding hydrogens is 320 g/mol. The molecule has 1 aromatic carbocycles. The molecule has 20 heavy (non-hydrogen) atoms. The molecule has 1 heterocycles. The third-order valence-corrected chi connectivity index (χ3v) is 3.56. The fourth-order valence-corrected chi connectivity index (χ4v) is 2.40. The molecule has 0 aliphatic rings. The second-order valence-electron chi connectivity index (χ2n) is 4.33. The van der Waals surface area contributed by atoms with Crippen molar-refractivity contribution in [3.05, 3.63) is 58.3 Å². The van der Waals surface area contributed by atoms with Gasteiger partial charge in [0.2, 0.25) is 0 Å². The van der Waals surface area contributed by atoms with Gasteiger partial charge in [0.15, 0.2) is 5.84 Å². The van der Waals surface area contributed by atoms with Crippen LogP contribution in [0.5, 0.6) is 0 Å². The highest BCUT2D eigenvalue weighted by atomic mass is 79.9. The summed E-state index contributed by atoms with van der Waals surface area (Å²) in [5.74, 6) is 0.0794. The molecular formula is C14H15BrN4O. The summed E-state index contributed by atoms with van der Waals surface area (Å²) in [5, 5.41) is 11.7. The smallest absolute Gasteiger partial charge is 0.171 e. The zero-order chi connectivity index (χ0) is 14.5. The van der Waals surface area contributed by atoms with Gasteiger partial charge >= 0.3 is 0 Å². The quantitative estimate of drug-likeness (QED) is 0.390. The van der Waals surface area contributed by atoms with Crippen LogP contribution in [0.3, 0.4) is 0 Å². The van der Waals surface area contributed by atoms with Crippen molar-refractivity contribution in [2.45, 2.75) is 6.54 Å². The topological polar surface area (TPSA) is 74.7 Å². The summed E-state index contributed by atoms with van der Waals surface area (Å²) in [4.78, 5) is 6.37. The van der Waals surface area contributed by atoms with Gasteiger partial charge in [-0.25, -0.2) is 0 Å². The van der Waals surface area contributed by atoms with Gasteiger partial charge in [-0.05, 0) is 46.3 Å². The van der Waals surface area contributed by atoms with E-state index >= 15 is 0 Å². The molecule has 0 bridgehead atoms. The Hall–Kier alpha value is -2.08. The number of rotatable bonds is 4. The van der Waals surface area contributed by atoms with Crippen LogP contribution >= 0.6 is 15.9 Å². The van der Waals surface area contributed by atoms with E-state index in [0.29, 0.717) is 12.1 Å². The van der Waals surface area contributed by atoms with Crippen LogP contribution in [0.1, 0.15) is 11.3 Å². The number of anilines is 1. The molecule has 0 spiro atoms. The fraction of sp³-hybridized carbons (Fsp3) is 0.143. The Morgan fingerprint density at radius 2 is 2.20 bits per heavy atom. The van der Waals surface area contributed by atoms with Crippen molar-refractivity contribution in [3.8, 4) is 0 Å². The van der Waals surface area contributed by atoms with Crippen LogP contribution in [-0.2, 0) is 6.54 Å². The number of oxime groups is 1. The minimum atomic E-state index is 0.0794. The lowest BCUT2D eigenvalue weighted by atomic mass is 10.2. The summed E-state index contributed by atoms with van der Waals surface area (Å²) in [7, 11) is 1.99. The molecule has 0 saturated carbocycles. The van der Waals surface area contributed by atoms with Gasteiger partial charge in [-0.2, -0.15) is 0 Å². The highest BCUT2D eigenvalue weighted by Gasteiger charge is 2.09. The van der Waals surface area contributed by atoms with E-state index in [-0.39, 0.29) is 5.84 Å². The first kappa shape index (κ1) is 14.3. The molecule has 0 aliphatic carbocycles. The second-order valence-corrected chi connectivity index (χ2v) is 5.18. The molecule has 0 unspecified atom stereocenters. The lowest BCUT2D eigenvalue weighted by molar-refractivity contribution is 0.318. The summed E-state index contributed by atoms with van der Waals surface area (Å²) in [6.07, 6.45) is 1.78. The van der Waals surface area contributed by atoms with Gasteiger partial charge in [0, 0.05) is 29.0 Å². The van der Waals surface area contributed by atoms with Gasteiger partial charge < -0.3 is 15.8 Å². The normalized spacial score (nSPS) is 11.4. The van der Waals surface area contributed by atoms with E-state index in [1.165, 1.54) is 0 Å². The predicted octanol–water partition coefficient (Wildman–Crippen LogP) is 2.58. The zero-order valence-electron chi connectivity index (χ0n) is 11.0. The minimum absolute atomic E-state index is 0.0794. The first-order valence-corrected chi connectivity index (χ1v) is 6.79. The van der Waals surface area contributed by atoms with Gasteiger partial charge in [-0.1, -0.05) is 11.2 Å². The minimum Gasteiger partial charge on any atom is -0.409 e. The van der Waals surface area contributed by atoms with E-state index in [9.17, 15) is 0 Å². The number of aromatic nitrogens is 1. The Morgan fingerprint density at radius 3 is 2.80 bits per heavy atom. The predicted molar refractivity (Wildman–Crippen MR) is 83.0 cm³/mol. The van der Waals surface area contributed by atoms with Crippen LogP contribution in [0.25, 0.3) is 0 Å². The molecule has 0 aliphatic heterocycles. The molecule has 0 saturated heterocycles. The molecule has 2 aromatic rings. The van der Waals surface area contributed by atoms with Crippen LogP contribution in [-0.4, -0.2) is 23.1 Å². The van der Waals surface area contributed by atoms with Gasteiger partial charge in [0.05, 0.1) is 12.2 Å². The maximum absolute atomic E-state index is 8.71. The Morgan fingerprint density at radius 1 is 1.40 bits per heavy atom. The van der Waals surface area contributed by atoms with Crippen molar-refractivity contribution in [3.63, 3.8) is 0 Å². The van der Waals surface area contributed by atoms with E-state index in [0.717, 1.165) is 15.9 Å². The third-order valence-electron chi connectivity index (χ3n) is 2.90. The van der Waals surface area contributed by atoms with Crippen LogP contribution in [0.2, 0.25) is 0 Å². The van der Waals surface area contributed by atoms with Gasteiger partial charge in [0.1, 0.15) is 0 Å². The van der Waals surface area contributed by atoms with Crippen LogP contribution in [0.15, 0.2) is 52.2 Å². The van der Waals surface area contributed by atoms with Gasteiger partial charge in [0.25, 0.3) is 0 Å². The van der Waals surface area contributed by atoms with E-state index in [2.05, 4.69) is 31.0 Å². The fourth-order valence-electron chi connectivity index (χ4n) is 1.83. The molecule has 0 fully saturated rings. The van der Waals surface area contributed by atoms with E-state index < -0.39 is 0 Å². The van der Waals surface area contributed by atoms with Crippen LogP contribution in [0, 0.1) is 0 Å². The van der Waals surface area contributed by atoms with E-state index in [1.807, 2.05) is 43.4 Å². The highest BCUT2D eigenvalue weighted by Crippen LogP contribution is 2.24. The standard InChI is InChI=1S/C14H15BrN4O/c1-19(9-10-4-2-3-7-17-10)11-5-6-12(13(15)8-11)14(16)18-20/h2-8,20H,9H2,1H3,(H2,16,18). The molecule has 6 heteroatoms. The largest absolute Gasteiger partial charge is 0.409 e. The summed E-state index contributed by atoms with van der Waals surface area (Å²) in [5.41, 5.74) is 8.25. The summed E-state index contributed by atoms with van der Waals surface area (Å²) >= 11 is 3.43. The number of nitrogens with zero attached hydrogens (tertiary/aromatic N) is 3. The van der Waals surface area contributed by atoms with Crippen molar-refractivity contribution in [2.24, 2.45) is 10.9 Å². The van der Waals surface area contributed by atoms with Crippen molar-refractivity contribution >= 4 is 27.5 Å². The number of nitrogens with two attached hydrogens (primary N) is 1. The highest BCUT2D eigenvalue weighted by molar-refractivity contribution is 9.10. The lowest BCUT2D eigenvalue weighted by Crippen LogP contribution is -2.18. The average Bonchev–Trinajstić information content (AvgIpc) is 2.47. The molecule has 0 amide bonds. The molecule has 0 atom stereocenters. The van der Waals surface area contributed by atoms with Crippen molar-refractivity contribution in [1.29, 1.82) is 0 Å². The van der Waals surface area contributed by atoms with Crippen molar-refractivity contribution in [2.75, 3.05) is 11.9 Å². The lowest BCUT2D eigenvalue weighted by Gasteiger charge is -2.19. The summed E-state index contributed by atoms with van der Waals surface area (Å²) in [6, 6.07) is 11.5. The average molecular weight is 335 g/mol. The van der Waals surface area contributed by atoms with Gasteiger partial charge in [-0.15, -0.1) is 0 Å². The Bertz CT molecular complexity index is 616. The monoisotopic (exact) mass is 334 g/mol. The number of hydrogen-bond donors (Lipinski definition) is 2. The Labute approximate surface area is 125 Å². The second kappa shape index (κ2) is 6.38. The Kier molecular flexibility index (Phi) is 4.57. The number of hydrogen-bond acceptors (Lipinski definition) is 4. The maximum atomic E-state index is 8.71. The first-order valence-electron chi connectivity index (χ1n) is 6.00. The first-order chi connectivity index (χ1) is 9.61. The van der Waals surface area contributed by atoms with Crippen molar-refractivity contribution in [1.82, 2.24) is 4.98 Å². The maximum Gasteiger partial charge on any atom is 0.171 e. The van der Waals surface area contributed by atoms with Crippen LogP contribution < -0.4 is 10.6 Å². The number of amidine groups is 1. The van der Waals surface area contributed by atoms with Crippen LogP contribution in [0.4, 0.5) is 5.69 Å². The molecule has 5 nitrogen and oxygen atoms in total. The molecule has 104 valence electrons. The molecule has 2 rings (SSSR count). The van der Waals surface area contributed by atoms with E-state index in [4.69, 9.17) is 10.9 Å². The number of benzene rings is 1. The van der Waals surface area contributed by atoms with Gasteiger partial charge in [-0.3, -0.25) is 4.98 Å².